The molecule has 0 atom stereocenters. The van der Waals surface area contributed by atoms with Gasteiger partial charge in [0.2, 0.25) is 17.1 Å². The Morgan fingerprint density at radius 1 is 0.353 bits per heavy atom. The van der Waals surface area contributed by atoms with Gasteiger partial charge in [0.05, 0.1) is 41.0 Å². The molecule has 6 aromatic carbocycles. The summed E-state index contributed by atoms with van der Waals surface area (Å²) in [6.45, 7) is 48.0. The van der Waals surface area contributed by atoms with E-state index in [-0.39, 0.29) is 71.1 Å². The summed E-state index contributed by atoms with van der Waals surface area (Å²) in [5.41, 5.74) is 22.4. The Morgan fingerprint density at radius 2 is 0.684 bits per heavy atom. The van der Waals surface area contributed by atoms with Gasteiger partial charge in [-0.15, -0.1) is 162 Å². The van der Waals surface area contributed by atoms with E-state index in [1.807, 2.05) is 244 Å². The van der Waals surface area contributed by atoms with Crippen molar-refractivity contribution in [3.8, 4) is 67.5 Å². The van der Waals surface area contributed by atoms with Crippen LogP contribution in [0.5, 0.6) is 0 Å². The maximum atomic E-state index is 8.70. The third-order valence-electron chi connectivity index (χ3n) is 26.0. The van der Waals surface area contributed by atoms with Crippen molar-refractivity contribution >= 4 is 106 Å². The third-order valence-corrected chi connectivity index (χ3v) is 32.1. The molecule has 12 aromatic heterocycles. The summed E-state index contributed by atoms with van der Waals surface area (Å²) >= 11 is 0. The molecule has 12 nitrogen and oxygen atoms in total. The third kappa shape index (κ3) is 24.7. The van der Waals surface area contributed by atoms with Gasteiger partial charge in [-0.25, -0.2) is 15.0 Å². The average molecular weight is 2390 g/mol. The van der Waals surface area contributed by atoms with Crippen LogP contribution in [0.2, 0.25) is 58.9 Å². The Hall–Kier alpha value is -10.3. The molecule has 0 aliphatic heterocycles. The minimum absolute atomic E-state index is 0. The molecule has 1 fully saturated rings. The van der Waals surface area contributed by atoms with E-state index in [2.05, 4.69) is 217 Å². The van der Waals surface area contributed by atoms with Gasteiger partial charge in [0.1, 0.15) is 0 Å². The fourth-order valence-electron chi connectivity index (χ4n) is 17.7. The molecule has 3 radical (unpaired) electrons. The standard InChI is InChI=1S/C24H23N2O.C22H21N2O.C21H19N2O.3C17H22NSi.3Ir/c1-24(2,16-7-3-4-8-16)17-12-14-25-21(15-17)20-10-5-9-18-19-11-6-13-26-23(19)27-22(18)20;1-4-22(3,5-2)15-11-13-23-19(14-15)18-9-6-8-16-17-10-7-12-24-21(17)25-20(16)18;1-3-14(4-2)15-10-12-22-19(13-15)18-8-5-7-16-17-9-6-11-23-21(17)24-20(16)18;3*1-13(2)15-11-16(14-9-7-6-8-10-14)18-12-17(15)19(3,4)5;;;/h5-6,9,11-16H,3-4,7-8H2,1-2H3;6-8,10-14H,4-5H2,1-3H3;5-7,9-14H,3-4H2,1-2H3;3*6-9,11-13H,1-5H3;;;/q6*-1;;;/i;;14D;3*13D;;;. The van der Waals surface area contributed by atoms with Gasteiger partial charge in [-0.05, 0) is 194 Å². The molecule has 709 valence electrons. The number of hydrogen-bond acceptors (Lipinski definition) is 12. The van der Waals surface area contributed by atoms with Crippen molar-refractivity contribution in [1.82, 2.24) is 44.9 Å². The summed E-state index contributed by atoms with van der Waals surface area (Å²) < 4.78 is 52.1. The number of fused-ring (bicyclic) bond motifs is 9. The van der Waals surface area contributed by atoms with E-state index in [0.29, 0.717) is 17.1 Å². The molecule has 136 heavy (non-hydrogen) atoms. The van der Waals surface area contributed by atoms with Gasteiger partial charge in [-0.3, -0.25) is 0 Å². The van der Waals surface area contributed by atoms with Crippen molar-refractivity contribution in [2.45, 2.75) is 235 Å². The van der Waals surface area contributed by atoms with Crippen LogP contribution < -0.4 is 15.6 Å². The molecule has 1 aliphatic rings. The summed E-state index contributed by atoms with van der Waals surface area (Å²) in [4.78, 5) is 40.6. The van der Waals surface area contributed by atoms with Crippen LogP contribution in [-0.2, 0) is 71.1 Å². The number of benzene rings is 6. The number of aromatic nitrogens is 9. The van der Waals surface area contributed by atoms with Crippen molar-refractivity contribution in [2.24, 2.45) is 5.92 Å². The Labute approximate surface area is 856 Å². The first-order valence-electron chi connectivity index (χ1n) is 48.9. The first-order chi connectivity index (χ1) is 65.0. The van der Waals surface area contributed by atoms with Crippen LogP contribution in [-0.4, -0.2) is 69.1 Å². The van der Waals surface area contributed by atoms with Crippen LogP contribution in [0.3, 0.4) is 0 Å². The summed E-state index contributed by atoms with van der Waals surface area (Å²) in [5, 5.41) is 9.99. The molecule has 18 heteroatoms. The fraction of sp³-hybridized carbons (Fsp3) is 0.314. The first-order valence-corrected chi connectivity index (χ1v) is 57.4. The van der Waals surface area contributed by atoms with Gasteiger partial charge < -0.3 is 43.2 Å². The van der Waals surface area contributed by atoms with Gasteiger partial charge in [0, 0.05) is 138 Å². The van der Waals surface area contributed by atoms with Gasteiger partial charge in [0.15, 0.2) is 0 Å². The number of rotatable bonds is 20. The zero-order valence-corrected chi connectivity index (χ0v) is 92.9. The van der Waals surface area contributed by atoms with Crippen LogP contribution in [0.1, 0.15) is 204 Å². The van der Waals surface area contributed by atoms with Crippen LogP contribution >= 0.6 is 0 Å². The molecule has 19 rings (SSSR count). The summed E-state index contributed by atoms with van der Waals surface area (Å²) in [7, 11) is -4.51. The van der Waals surface area contributed by atoms with Crippen molar-refractivity contribution in [3.63, 3.8) is 0 Å². The van der Waals surface area contributed by atoms with Crippen LogP contribution in [0.15, 0.2) is 269 Å². The summed E-state index contributed by atoms with van der Waals surface area (Å²) in [6.07, 6.45) is 25.8. The van der Waals surface area contributed by atoms with E-state index in [1.54, 1.807) is 24.8 Å². The minimum Gasteiger partial charge on any atom is -0.486 e. The van der Waals surface area contributed by atoms with Crippen molar-refractivity contribution in [3.05, 3.63) is 326 Å². The second-order valence-corrected chi connectivity index (χ2v) is 54.3. The largest absolute Gasteiger partial charge is 0.486 e. The van der Waals surface area contributed by atoms with E-state index in [1.165, 1.54) is 52.4 Å². The van der Waals surface area contributed by atoms with Crippen LogP contribution in [0, 0.1) is 42.3 Å². The molecular formula is C118H129Ir3N9O3Si3-6. The molecule has 0 amide bonds. The van der Waals surface area contributed by atoms with Gasteiger partial charge >= 0.3 is 0 Å². The zero-order chi connectivity index (χ0) is 98.2. The zero-order valence-electron chi connectivity index (χ0n) is 86.7. The monoisotopic (exact) mass is 2390 g/mol. The predicted molar refractivity (Wildman–Crippen MR) is 564 cm³/mol. The number of hydrogen-bond donors (Lipinski definition) is 0. The van der Waals surface area contributed by atoms with Crippen molar-refractivity contribution in [1.29, 1.82) is 0 Å². The number of furan rings is 3. The quantitative estimate of drug-likeness (QED) is 0.0527. The molecule has 0 N–H and O–H groups in total. The van der Waals surface area contributed by atoms with E-state index in [9.17, 15) is 0 Å². The Bertz CT molecular complexity index is 6780. The van der Waals surface area contributed by atoms with Gasteiger partial charge in [-0.2, -0.15) is 0 Å². The van der Waals surface area contributed by atoms with Crippen molar-refractivity contribution < 1.29 is 79.1 Å². The summed E-state index contributed by atoms with van der Waals surface area (Å²) in [5.74, 6) is -1.68. The molecule has 18 aromatic rings. The molecule has 0 unspecified atom stereocenters. The number of nitrogens with zero attached hydrogens (tertiary/aromatic N) is 9. The maximum Gasteiger partial charge on any atom is 0.216 e. The molecular weight excluding hydrogens is 2250 g/mol. The van der Waals surface area contributed by atoms with E-state index >= 15 is 0 Å². The average Bonchev–Trinajstić information content (AvgIpc) is 1.62. The molecule has 0 bridgehead atoms. The summed E-state index contributed by atoms with van der Waals surface area (Å²) in [6, 6.07) is 85.7. The van der Waals surface area contributed by atoms with E-state index in [0.717, 1.165) is 170 Å². The second-order valence-electron chi connectivity index (χ2n) is 39.2. The predicted octanol–water partition coefficient (Wildman–Crippen LogP) is 30.6. The molecule has 12 heterocycles. The molecule has 1 saturated carbocycles. The molecule has 0 spiro atoms. The van der Waals surface area contributed by atoms with Gasteiger partial charge in [-0.1, -0.05) is 253 Å². The van der Waals surface area contributed by atoms with Crippen LogP contribution in [0.25, 0.3) is 134 Å². The maximum absolute atomic E-state index is 8.70. The van der Waals surface area contributed by atoms with E-state index in [4.69, 9.17) is 18.7 Å². The van der Waals surface area contributed by atoms with Crippen LogP contribution in [0.4, 0.5) is 0 Å². The normalized spacial score (nSPS) is 13.1. The minimum atomic E-state index is -1.50. The van der Waals surface area contributed by atoms with Crippen molar-refractivity contribution in [2.75, 3.05) is 0 Å². The Balaban J connectivity index is 0.000000161. The fourth-order valence-corrected chi connectivity index (χ4v) is 22.4. The molecule has 1 aliphatic carbocycles. The van der Waals surface area contributed by atoms with E-state index < -0.39 is 47.8 Å². The Morgan fingerprint density at radius 3 is 1.00 bits per heavy atom. The second kappa shape index (κ2) is 46.9. The Kier molecular flexibility index (Phi) is 34.5. The van der Waals surface area contributed by atoms with Gasteiger partial charge in [0.25, 0.3) is 0 Å². The smallest absolute Gasteiger partial charge is 0.216 e. The topological polar surface area (TPSA) is 155 Å². The first kappa shape index (κ1) is 100. The molecule has 0 saturated heterocycles. The SMILES string of the molecule is CC(C)(c1ccnc(-c2[c-]ccc3c2oc2ncccc23)c1)C1CCCC1.CCC(C)(CC)c1ccnc(-c2[c-]ccc3c2oc2ncccc23)c1.[2H]C(C)(C)c1cc(-c2[c-]cccc2)ncc1[Si](C)(C)C.[2H]C(C)(C)c1cc(-c2[c-]cccc2)ncc1[Si](C)(C)C.[2H]C(C)(C)c1cc(-c2[c-]cccc2)ncc1[Si](C)(C)C.[2H]C(CC)(CC)c1ccnc(-c2[c-]ccc3c2oc2ncccc23)c1.[Ir].[Ir].[Ir]. The number of pyridine rings is 9.